The molecule has 1 spiro atoms. The molecule has 0 radical (unpaired) electrons. The summed E-state index contributed by atoms with van der Waals surface area (Å²) in [5.41, 5.74) is -0.158. The highest BCUT2D eigenvalue weighted by Gasteiger charge is 2.46. The van der Waals surface area contributed by atoms with E-state index in [2.05, 4.69) is 0 Å². The lowest BCUT2D eigenvalue weighted by atomic mass is 9.86. The van der Waals surface area contributed by atoms with Crippen LogP contribution in [0.5, 0.6) is 0 Å². The second-order valence-corrected chi connectivity index (χ2v) is 6.07. The first-order valence-electron chi connectivity index (χ1n) is 7.08. The van der Waals surface area contributed by atoms with Crippen LogP contribution in [-0.2, 0) is 4.74 Å². The summed E-state index contributed by atoms with van der Waals surface area (Å²) in [4.78, 5) is 14.0. The number of piperidine rings is 1. The Hall–Kier alpha value is -1.17. The third-order valence-electron chi connectivity index (χ3n) is 4.39. The van der Waals surface area contributed by atoms with Crippen LogP contribution in [0.25, 0.3) is 0 Å². The number of ether oxygens (including phenoxy) is 1. The Morgan fingerprint density at radius 3 is 2.90 bits per heavy atom. The second kappa shape index (κ2) is 5.55. The Bertz CT molecular complexity index is 560. The molecule has 114 valence electrons. The minimum atomic E-state index is -0.686. The summed E-state index contributed by atoms with van der Waals surface area (Å²) in [7, 11) is 0. The van der Waals surface area contributed by atoms with Gasteiger partial charge in [0.25, 0.3) is 5.91 Å². The molecule has 4 nitrogen and oxygen atoms in total. The van der Waals surface area contributed by atoms with Crippen LogP contribution in [0.2, 0.25) is 5.02 Å². The molecule has 0 saturated carbocycles. The zero-order valence-corrected chi connectivity index (χ0v) is 12.3. The number of nitrogens with zero attached hydrogens (tertiary/aromatic N) is 1. The number of halogens is 2. The van der Waals surface area contributed by atoms with Crippen molar-refractivity contribution in [3.05, 3.63) is 34.6 Å². The Morgan fingerprint density at radius 2 is 2.29 bits per heavy atom. The molecule has 3 rings (SSSR count). The van der Waals surface area contributed by atoms with Crippen LogP contribution in [0.4, 0.5) is 4.39 Å². The van der Waals surface area contributed by atoms with Gasteiger partial charge < -0.3 is 14.7 Å². The van der Waals surface area contributed by atoms with Crippen molar-refractivity contribution in [3.8, 4) is 0 Å². The van der Waals surface area contributed by atoms with Gasteiger partial charge in [-0.25, -0.2) is 4.39 Å². The Kier molecular flexibility index (Phi) is 3.90. The summed E-state index contributed by atoms with van der Waals surface area (Å²) in [5, 5.41) is 10.2. The summed E-state index contributed by atoms with van der Waals surface area (Å²) in [6, 6.07) is 3.91. The first-order valence-corrected chi connectivity index (χ1v) is 7.46. The predicted molar refractivity (Wildman–Crippen MR) is 75.9 cm³/mol. The highest BCUT2D eigenvalue weighted by Crippen LogP contribution is 2.36. The molecule has 1 aromatic rings. The predicted octanol–water partition coefficient (Wildman–Crippen LogP) is 2.24. The fraction of sp³-hybridized carbons (Fsp3) is 0.533. The molecule has 0 aliphatic carbocycles. The second-order valence-electron chi connectivity index (χ2n) is 5.66. The number of carbonyl (C=O) groups excluding carboxylic acids is 1. The molecule has 0 aromatic heterocycles. The van der Waals surface area contributed by atoms with Crippen LogP contribution < -0.4 is 0 Å². The van der Waals surface area contributed by atoms with Gasteiger partial charge in [-0.2, -0.15) is 0 Å². The van der Waals surface area contributed by atoms with Crippen molar-refractivity contribution in [3.63, 3.8) is 0 Å². The number of carbonyl (C=O) groups is 1. The molecule has 1 aromatic carbocycles. The Labute approximate surface area is 127 Å². The highest BCUT2D eigenvalue weighted by molar-refractivity contribution is 6.31. The van der Waals surface area contributed by atoms with Gasteiger partial charge >= 0.3 is 0 Å². The summed E-state index contributed by atoms with van der Waals surface area (Å²) in [5.74, 6) is -0.797. The van der Waals surface area contributed by atoms with E-state index in [1.165, 1.54) is 18.2 Å². The third kappa shape index (κ3) is 2.65. The SMILES string of the molecule is O=C(c1ccc(F)c(Cl)c1)N1CC[C@@]2(CCCO2)[C@@H](O)C1. The maximum absolute atomic E-state index is 13.2. The molecule has 2 aliphatic heterocycles. The van der Waals surface area contributed by atoms with Crippen molar-refractivity contribution in [1.29, 1.82) is 0 Å². The van der Waals surface area contributed by atoms with Gasteiger partial charge in [0.15, 0.2) is 0 Å². The fourth-order valence-electron chi connectivity index (χ4n) is 3.13. The van der Waals surface area contributed by atoms with E-state index in [0.29, 0.717) is 25.1 Å². The minimum Gasteiger partial charge on any atom is -0.388 e. The number of hydrogen-bond acceptors (Lipinski definition) is 3. The molecular formula is C15H17ClFNO3. The van der Waals surface area contributed by atoms with E-state index < -0.39 is 17.5 Å². The summed E-state index contributed by atoms with van der Waals surface area (Å²) in [6.07, 6.45) is 1.71. The van der Waals surface area contributed by atoms with E-state index in [1.54, 1.807) is 4.90 Å². The van der Waals surface area contributed by atoms with E-state index in [1.807, 2.05) is 0 Å². The Morgan fingerprint density at radius 1 is 1.48 bits per heavy atom. The van der Waals surface area contributed by atoms with Crippen LogP contribution in [-0.4, -0.2) is 47.3 Å². The lowest BCUT2D eigenvalue weighted by Crippen LogP contribution is -2.56. The lowest BCUT2D eigenvalue weighted by molar-refractivity contribution is -0.122. The van der Waals surface area contributed by atoms with E-state index in [0.717, 1.165) is 12.8 Å². The van der Waals surface area contributed by atoms with E-state index >= 15 is 0 Å². The van der Waals surface area contributed by atoms with Gasteiger partial charge in [-0.3, -0.25) is 4.79 Å². The maximum atomic E-state index is 13.2. The smallest absolute Gasteiger partial charge is 0.254 e. The standard InChI is InChI=1S/C15H17ClFNO3/c16-11-8-10(2-3-12(11)17)14(20)18-6-5-15(13(19)9-18)4-1-7-21-15/h2-3,8,13,19H,1,4-7,9H2/t13-,15-/m0/s1. The molecule has 0 bridgehead atoms. The van der Waals surface area contributed by atoms with Gasteiger partial charge in [0, 0.05) is 25.3 Å². The van der Waals surface area contributed by atoms with Gasteiger partial charge in [0.1, 0.15) is 11.9 Å². The van der Waals surface area contributed by atoms with E-state index in [-0.39, 0.29) is 17.5 Å². The number of β-amino-alcohol motifs (C(OH)–C–C–N with tert-alkyl or cyclic N) is 1. The normalized spacial score (nSPS) is 29.1. The number of benzene rings is 1. The van der Waals surface area contributed by atoms with Crippen LogP contribution in [0.15, 0.2) is 18.2 Å². The molecule has 2 atom stereocenters. The maximum Gasteiger partial charge on any atom is 0.254 e. The van der Waals surface area contributed by atoms with Crippen LogP contribution in [0.1, 0.15) is 29.6 Å². The molecule has 2 aliphatic rings. The zero-order chi connectivity index (χ0) is 15.0. The molecular weight excluding hydrogens is 297 g/mol. The Balaban J connectivity index is 1.73. The summed E-state index contributed by atoms with van der Waals surface area (Å²) >= 11 is 5.71. The largest absolute Gasteiger partial charge is 0.388 e. The molecule has 6 heteroatoms. The van der Waals surface area contributed by atoms with Crippen molar-refractivity contribution in [2.45, 2.75) is 31.0 Å². The van der Waals surface area contributed by atoms with Crippen LogP contribution in [0, 0.1) is 5.82 Å². The zero-order valence-electron chi connectivity index (χ0n) is 11.5. The molecule has 2 heterocycles. The van der Waals surface area contributed by atoms with Crippen molar-refractivity contribution < 1.29 is 19.0 Å². The average molecular weight is 314 g/mol. The number of aliphatic hydroxyl groups excluding tert-OH is 1. The van der Waals surface area contributed by atoms with Crippen molar-refractivity contribution in [2.24, 2.45) is 0 Å². The quantitative estimate of drug-likeness (QED) is 0.865. The number of aliphatic hydroxyl groups is 1. The van der Waals surface area contributed by atoms with Gasteiger partial charge in [0.05, 0.1) is 10.6 Å². The van der Waals surface area contributed by atoms with Crippen LogP contribution >= 0.6 is 11.6 Å². The van der Waals surface area contributed by atoms with Crippen molar-refractivity contribution in [1.82, 2.24) is 4.90 Å². The van der Waals surface area contributed by atoms with Gasteiger partial charge in [0.2, 0.25) is 0 Å². The summed E-state index contributed by atoms with van der Waals surface area (Å²) in [6.45, 7) is 1.41. The van der Waals surface area contributed by atoms with Gasteiger partial charge in [-0.1, -0.05) is 11.6 Å². The van der Waals surface area contributed by atoms with Crippen LogP contribution in [0.3, 0.4) is 0 Å². The molecule has 1 amide bonds. The number of rotatable bonds is 1. The first kappa shape index (κ1) is 14.8. The van der Waals surface area contributed by atoms with Gasteiger partial charge in [-0.05, 0) is 37.5 Å². The summed E-state index contributed by atoms with van der Waals surface area (Å²) < 4.78 is 18.9. The molecule has 2 saturated heterocycles. The van der Waals surface area contributed by atoms with E-state index in [4.69, 9.17) is 16.3 Å². The van der Waals surface area contributed by atoms with Crippen molar-refractivity contribution in [2.75, 3.05) is 19.7 Å². The topological polar surface area (TPSA) is 49.8 Å². The van der Waals surface area contributed by atoms with E-state index in [9.17, 15) is 14.3 Å². The van der Waals surface area contributed by atoms with Gasteiger partial charge in [-0.15, -0.1) is 0 Å². The molecule has 2 fully saturated rings. The number of likely N-dealkylation sites (tertiary alicyclic amines) is 1. The average Bonchev–Trinajstić information content (AvgIpc) is 2.94. The number of hydrogen-bond donors (Lipinski definition) is 1. The number of amides is 1. The molecule has 0 unspecified atom stereocenters. The first-order chi connectivity index (χ1) is 10.0. The lowest BCUT2D eigenvalue weighted by Gasteiger charge is -2.42. The highest BCUT2D eigenvalue weighted by atomic mass is 35.5. The molecule has 21 heavy (non-hydrogen) atoms. The fourth-order valence-corrected chi connectivity index (χ4v) is 3.31. The third-order valence-corrected chi connectivity index (χ3v) is 4.68. The molecule has 1 N–H and O–H groups in total. The van der Waals surface area contributed by atoms with Crippen molar-refractivity contribution >= 4 is 17.5 Å². The minimum absolute atomic E-state index is 0.0750. The monoisotopic (exact) mass is 313 g/mol.